The van der Waals surface area contributed by atoms with Crippen molar-refractivity contribution in [2.24, 2.45) is 0 Å². The van der Waals surface area contributed by atoms with E-state index in [9.17, 15) is 31.1 Å². The van der Waals surface area contributed by atoms with Gasteiger partial charge in [0.25, 0.3) is 5.24 Å². The van der Waals surface area contributed by atoms with Crippen molar-refractivity contribution in [1.29, 1.82) is 0 Å². The van der Waals surface area contributed by atoms with Crippen molar-refractivity contribution in [3.8, 4) is 0 Å². The van der Waals surface area contributed by atoms with Gasteiger partial charge in [0.15, 0.2) is 0 Å². The summed E-state index contributed by atoms with van der Waals surface area (Å²) in [5, 5.41) is -0.713. The number of carbonyl (C=O) groups excluding carboxylic acids is 1. The topological polar surface area (TPSA) is 20.3 Å². The van der Waals surface area contributed by atoms with Gasteiger partial charge in [-0.05, 0) is 30.0 Å². The van der Waals surface area contributed by atoms with Crippen molar-refractivity contribution in [2.75, 3.05) is 14.1 Å². The number of thioether (sulfide) groups is 1. The molecule has 0 spiro atoms. The molecule has 0 saturated carbocycles. The summed E-state index contributed by atoms with van der Waals surface area (Å²) in [6.45, 7) is 0. The van der Waals surface area contributed by atoms with Gasteiger partial charge in [0, 0.05) is 19.0 Å². The van der Waals surface area contributed by atoms with Crippen LogP contribution in [0.15, 0.2) is 23.1 Å². The number of hydrogen-bond donors (Lipinski definition) is 0. The Morgan fingerprint density at radius 3 is 2.00 bits per heavy atom. The number of benzene rings is 1. The third kappa shape index (κ3) is 4.06. The van der Waals surface area contributed by atoms with Crippen molar-refractivity contribution in [3.63, 3.8) is 0 Å². The first kappa shape index (κ1) is 16.7. The maximum Gasteiger partial charge on any atom is 0.417 e. The average Bonchev–Trinajstić information content (AvgIpc) is 2.26. The maximum atomic E-state index is 12.8. The van der Waals surface area contributed by atoms with Crippen LogP contribution in [0.1, 0.15) is 11.1 Å². The second-order valence-corrected chi connectivity index (χ2v) is 4.96. The second kappa shape index (κ2) is 5.55. The van der Waals surface area contributed by atoms with Crippen LogP contribution in [0, 0.1) is 0 Å². The molecule has 0 unspecified atom stereocenters. The van der Waals surface area contributed by atoms with E-state index in [0.29, 0.717) is 12.1 Å². The van der Waals surface area contributed by atoms with Gasteiger partial charge in [0.1, 0.15) is 0 Å². The number of alkyl halides is 6. The zero-order chi connectivity index (χ0) is 15.7. The Morgan fingerprint density at radius 2 is 1.60 bits per heavy atom. The monoisotopic (exact) mass is 317 g/mol. The van der Waals surface area contributed by atoms with Gasteiger partial charge in [-0.2, -0.15) is 26.3 Å². The second-order valence-electron chi connectivity index (χ2n) is 3.97. The fraction of sp³-hybridized carbons (Fsp3) is 0.364. The van der Waals surface area contributed by atoms with Crippen LogP contribution in [0.3, 0.4) is 0 Å². The molecule has 1 amide bonds. The standard InChI is InChI=1S/C11H9F6NOS/c1-18(2)9(19)20-8-4-3-6(10(12,13)14)5-7(8)11(15,16)17/h3-5H,1-2H3. The maximum absolute atomic E-state index is 12.8. The first-order valence-corrected chi connectivity index (χ1v) is 5.92. The summed E-state index contributed by atoms with van der Waals surface area (Å²) in [4.78, 5) is 11.8. The third-order valence-electron chi connectivity index (χ3n) is 2.17. The molecule has 112 valence electrons. The van der Waals surface area contributed by atoms with E-state index in [1.54, 1.807) is 0 Å². The van der Waals surface area contributed by atoms with E-state index in [2.05, 4.69) is 0 Å². The molecule has 9 heteroatoms. The summed E-state index contributed by atoms with van der Waals surface area (Å²) < 4.78 is 75.6. The summed E-state index contributed by atoms with van der Waals surface area (Å²) in [6.07, 6.45) is -9.86. The van der Waals surface area contributed by atoms with Gasteiger partial charge < -0.3 is 4.90 Å². The van der Waals surface area contributed by atoms with Gasteiger partial charge in [-0.15, -0.1) is 0 Å². The average molecular weight is 317 g/mol. The molecule has 0 heterocycles. The first-order valence-electron chi connectivity index (χ1n) is 5.10. The minimum Gasteiger partial charge on any atom is -0.339 e. The molecule has 0 radical (unpaired) electrons. The van der Waals surface area contributed by atoms with E-state index in [1.807, 2.05) is 0 Å². The highest BCUT2D eigenvalue weighted by Crippen LogP contribution is 2.40. The third-order valence-corrected chi connectivity index (χ3v) is 3.29. The lowest BCUT2D eigenvalue weighted by atomic mass is 10.1. The fourth-order valence-corrected chi connectivity index (χ4v) is 1.99. The molecule has 0 bridgehead atoms. The van der Waals surface area contributed by atoms with Crippen molar-refractivity contribution in [3.05, 3.63) is 29.3 Å². The van der Waals surface area contributed by atoms with Crippen molar-refractivity contribution < 1.29 is 31.1 Å². The van der Waals surface area contributed by atoms with E-state index in [0.717, 1.165) is 4.90 Å². The molecule has 1 aromatic rings. The van der Waals surface area contributed by atoms with Crippen LogP contribution in [0.25, 0.3) is 0 Å². The number of amides is 1. The molecular formula is C11H9F6NOS. The number of rotatable bonds is 1. The van der Waals surface area contributed by atoms with Crippen LogP contribution in [0.5, 0.6) is 0 Å². The zero-order valence-electron chi connectivity index (χ0n) is 10.3. The predicted octanol–water partition coefficient (Wildman–Crippen LogP) is 4.50. The molecule has 0 atom stereocenters. The highest BCUT2D eigenvalue weighted by molar-refractivity contribution is 8.13. The van der Waals surface area contributed by atoms with Crippen LogP contribution in [0.4, 0.5) is 31.1 Å². The quantitative estimate of drug-likeness (QED) is 0.561. The van der Waals surface area contributed by atoms with Crippen molar-refractivity contribution >= 4 is 17.0 Å². The van der Waals surface area contributed by atoms with E-state index in [-0.39, 0.29) is 17.8 Å². The zero-order valence-corrected chi connectivity index (χ0v) is 11.1. The first-order chi connectivity index (χ1) is 8.93. The SMILES string of the molecule is CN(C)C(=O)Sc1ccc(C(F)(F)F)cc1C(F)(F)F. The van der Waals surface area contributed by atoms with Gasteiger partial charge in [0.2, 0.25) is 0 Å². The molecule has 0 N–H and O–H groups in total. The Kier molecular flexibility index (Phi) is 4.62. The van der Waals surface area contributed by atoms with Gasteiger partial charge in [-0.3, -0.25) is 4.79 Å². The fourth-order valence-electron chi connectivity index (χ4n) is 1.20. The van der Waals surface area contributed by atoms with Crippen molar-refractivity contribution in [1.82, 2.24) is 4.90 Å². The summed E-state index contributed by atoms with van der Waals surface area (Å²) in [7, 11) is 2.65. The molecule has 20 heavy (non-hydrogen) atoms. The highest BCUT2D eigenvalue weighted by Gasteiger charge is 2.38. The van der Waals surface area contributed by atoms with Crippen LogP contribution >= 0.6 is 11.8 Å². The number of carbonyl (C=O) groups is 1. The molecule has 0 aliphatic heterocycles. The molecule has 0 saturated heterocycles. The molecule has 0 fully saturated rings. The summed E-state index contributed by atoms with van der Waals surface area (Å²) in [5.74, 6) is 0. The van der Waals surface area contributed by atoms with Gasteiger partial charge >= 0.3 is 12.4 Å². The summed E-state index contributed by atoms with van der Waals surface area (Å²) in [6, 6.07) is 1.17. The Balaban J connectivity index is 3.29. The number of hydrogen-bond acceptors (Lipinski definition) is 2. The van der Waals surface area contributed by atoms with Crippen LogP contribution in [-0.4, -0.2) is 24.2 Å². The lowest BCUT2D eigenvalue weighted by Gasteiger charge is -2.16. The minimum atomic E-state index is -4.98. The van der Waals surface area contributed by atoms with Crippen molar-refractivity contribution in [2.45, 2.75) is 17.2 Å². The largest absolute Gasteiger partial charge is 0.417 e. The molecule has 2 nitrogen and oxygen atoms in total. The van der Waals surface area contributed by atoms with Crippen LogP contribution < -0.4 is 0 Å². The van der Waals surface area contributed by atoms with E-state index < -0.39 is 33.6 Å². The molecule has 1 rings (SSSR count). The lowest BCUT2D eigenvalue weighted by molar-refractivity contribution is -0.144. The lowest BCUT2D eigenvalue weighted by Crippen LogP contribution is -2.18. The van der Waals surface area contributed by atoms with E-state index in [1.165, 1.54) is 14.1 Å². The van der Waals surface area contributed by atoms with E-state index >= 15 is 0 Å². The van der Waals surface area contributed by atoms with Gasteiger partial charge in [-0.1, -0.05) is 0 Å². The van der Waals surface area contributed by atoms with Crippen LogP contribution in [0.2, 0.25) is 0 Å². The predicted molar refractivity (Wildman–Crippen MR) is 61.4 cm³/mol. The Labute approximate surface area is 114 Å². The summed E-state index contributed by atoms with van der Waals surface area (Å²) in [5.41, 5.74) is -2.89. The molecule has 1 aromatic carbocycles. The number of halogens is 6. The molecule has 0 aliphatic carbocycles. The Hall–Kier alpha value is -1.38. The Morgan fingerprint density at radius 1 is 1.05 bits per heavy atom. The van der Waals surface area contributed by atoms with Gasteiger partial charge in [-0.25, -0.2) is 0 Å². The summed E-state index contributed by atoms with van der Waals surface area (Å²) >= 11 is 0.224. The van der Waals surface area contributed by atoms with Gasteiger partial charge in [0.05, 0.1) is 11.1 Å². The molecule has 0 aliphatic rings. The highest BCUT2D eigenvalue weighted by atomic mass is 32.2. The normalized spacial score (nSPS) is 12.4. The Bertz CT molecular complexity index is 509. The van der Waals surface area contributed by atoms with E-state index in [4.69, 9.17) is 0 Å². The van der Waals surface area contributed by atoms with Crippen LogP contribution in [-0.2, 0) is 12.4 Å². The minimum absolute atomic E-state index is 0.00523. The molecular weight excluding hydrogens is 308 g/mol. The smallest absolute Gasteiger partial charge is 0.339 e. The number of nitrogens with zero attached hydrogens (tertiary/aromatic N) is 1. The molecule has 0 aromatic heterocycles.